The van der Waals surface area contributed by atoms with Crippen LogP contribution in [0.2, 0.25) is 0 Å². The van der Waals surface area contributed by atoms with Crippen LogP contribution in [-0.2, 0) is 6.42 Å². The number of methoxy groups -OCH3 is 1. The third kappa shape index (κ3) is 2.70. The Bertz CT molecular complexity index is 638. The van der Waals surface area contributed by atoms with Crippen molar-refractivity contribution >= 4 is 5.82 Å². The molecule has 2 heterocycles. The monoisotopic (exact) mass is 261 g/mol. The molecule has 0 atom stereocenters. The molecule has 0 amide bonds. The Morgan fingerprint density at radius 2 is 2.21 bits per heavy atom. The molecule has 19 heavy (non-hydrogen) atoms. The lowest BCUT2D eigenvalue weighted by atomic mass is 10.2. The molecule has 0 aliphatic rings. The van der Waals surface area contributed by atoms with Gasteiger partial charge in [0.2, 0.25) is 5.88 Å². The minimum Gasteiger partial charge on any atom is -0.481 e. The summed E-state index contributed by atoms with van der Waals surface area (Å²) in [6, 6.07) is 1.58. The lowest BCUT2D eigenvalue weighted by Gasteiger charge is -2.06. The van der Waals surface area contributed by atoms with Gasteiger partial charge in [-0.2, -0.15) is 0 Å². The topological polar surface area (TPSA) is 107 Å². The van der Waals surface area contributed by atoms with Gasteiger partial charge in [0.05, 0.1) is 12.7 Å². The van der Waals surface area contributed by atoms with Crippen LogP contribution in [0.4, 0.5) is 5.82 Å². The third-order valence-corrected chi connectivity index (χ3v) is 2.64. The Morgan fingerprint density at radius 1 is 1.42 bits per heavy atom. The van der Waals surface area contributed by atoms with Gasteiger partial charge < -0.3 is 15.5 Å². The molecule has 2 rings (SSSR count). The number of ether oxygens (including phenoxy) is 1. The van der Waals surface area contributed by atoms with Gasteiger partial charge in [0, 0.05) is 6.07 Å². The van der Waals surface area contributed by atoms with Crippen molar-refractivity contribution in [2.75, 3.05) is 12.8 Å². The molecule has 0 unspecified atom stereocenters. The molecule has 0 saturated heterocycles. The predicted molar refractivity (Wildman–Crippen MR) is 70.8 cm³/mol. The molecule has 0 saturated carbocycles. The first kappa shape index (κ1) is 13.0. The highest BCUT2D eigenvalue weighted by molar-refractivity contribution is 5.53. The number of nitrogens with two attached hydrogens (primary N) is 1. The van der Waals surface area contributed by atoms with Crippen LogP contribution in [0.25, 0.3) is 11.5 Å². The molecule has 0 aliphatic carbocycles. The van der Waals surface area contributed by atoms with Crippen LogP contribution < -0.4 is 16.0 Å². The van der Waals surface area contributed by atoms with E-state index >= 15 is 0 Å². The van der Waals surface area contributed by atoms with Crippen LogP contribution >= 0.6 is 0 Å². The molecule has 7 nitrogen and oxygen atoms in total. The average Bonchev–Trinajstić information content (AvgIpc) is 2.42. The van der Waals surface area contributed by atoms with Gasteiger partial charge in [0.15, 0.2) is 5.82 Å². The van der Waals surface area contributed by atoms with Crippen LogP contribution in [0.15, 0.2) is 17.2 Å². The van der Waals surface area contributed by atoms with E-state index in [1.54, 1.807) is 6.07 Å². The quantitative estimate of drug-likeness (QED) is 0.841. The molecule has 0 radical (unpaired) electrons. The number of rotatable bonds is 4. The smallest absolute Gasteiger partial charge is 0.256 e. The molecule has 0 fully saturated rings. The van der Waals surface area contributed by atoms with E-state index in [-0.39, 0.29) is 11.4 Å². The minimum atomic E-state index is -0.234. The summed E-state index contributed by atoms with van der Waals surface area (Å²) in [5.74, 6) is 0.935. The van der Waals surface area contributed by atoms with Crippen LogP contribution in [0.5, 0.6) is 5.88 Å². The Kier molecular flexibility index (Phi) is 3.74. The van der Waals surface area contributed by atoms with E-state index in [9.17, 15) is 4.79 Å². The van der Waals surface area contributed by atoms with E-state index in [0.717, 1.165) is 6.42 Å². The number of aromatic nitrogens is 4. The third-order valence-electron chi connectivity index (χ3n) is 2.64. The number of H-pyrrole nitrogens is 1. The number of nitrogens with one attached hydrogen (secondary N) is 1. The Morgan fingerprint density at radius 3 is 2.84 bits per heavy atom. The van der Waals surface area contributed by atoms with Gasteiger partial charge in [-0.3, -0.25) is 4.79 Å². The zero-order chi connectivity index (χ0) is 13.8. The SMILES string of the molecule is CCCc1c(N)nc(-c2cc(OC)ncn2)[nH]c1=O. The number of hydrogen-bond acceptors (Lipinski definition) is 6. The maximum Gasteiger partial charge on any atom is 0.256 e. The van der Waals surface area contributed by atoms with Gasteiger partial charge in [-0.05, 0) is 6.42 Å². The normalized spacial score (nSPS) is 10.4. The summed E-state index contributed by atoms with van der Waals surface area (Å²) in [6.07, 6.45) is 2.77. The van der Waals surface area contributed by atoms with Crippen molar-refractivity contribution in [1.82, 2.24) is 19.9 Å². The molecule has 0 aromatic carbocycles. The first-order valence-corrected chi connectivity index (χ1v) is 5.90. The van der Waals surface area contributed by atoms with Crippen molar-refractivity contribution in [2.24, 2.45) is 0 Å². The minimum absolute atomic E-state index is 0.234. The fourth-order valence-electron chi connectivity index (χ4n) is 1.71. The van der Waals surface area contributed by atoms with Crippen LogP contribution in [0.1, 0.15) is 18.9 Å². The highest BCUT2D eigenvalue weighted by Crippen LogP contribution is 2.16. The lowest BCUT2D eigenvalue weighted by molar-refractivity contribution is 0.397. The maximum atomic E-state index is 11.9. The van der Waals surface area contributed by atoms with Crippen molar-refractivity contribution in [3.63, 3.8) is 0 Å². The molecule has 0 spiro atoms. The fraction of sp³-hybridized carbons (Fsp3) is 0.333. The van der Waals surface area contributed by atoms with E-state index in [4.69, 9.17) is 10.5 Å². The number of hydrogen-bond donors (Lipinski definition) is 2. The summed E-state index contributed by atoms with van der Waals surface area (Å²) >= 11 is 0. The first-order valence-electron chi connectivity index (χ1n) is 5.90. The van der Waals surface area contributed by atoms with E-state index in [1.165, 1.54) is 13.4 Å². The van der Waals surface area contributed by atoms with Crippen LogP contribution in [-0.4, -0.2) is 27.0 Å². The Balaban J connectivity index is 2.48. The standard InChI is InChI=1S/C12H15N5O2/c1-3-4-7-10(13)16-11(17-12(7)18)8-5-9(19-2)15-6-14-8/h5-6H,3-4H2,1-2H3,(H3,13,16,17,18). The molecule has 2 aromatic heterocycles. The lowest BCUT2D eigenvalue weighted by Crippen LogP contribution is -2.18. The van der Waals surface area contributed by atoms with Crippen molar-refractivity contribution in [2.45, 2.75) is 19.8 Å². The summed E-state index contributed by atoms with van der Waals surface area (Å²) in [6.45, 7) is 1.97. The zero-order valence-electron chi connectivity index (χ0n) is 10.8. The number of nitrogen functional groups attached to an aromatic ring is 1. The zero-order valence-corrected chi connectivity index (χ0v) is 10.8. The maximum absolute atomic E-state index is 11.9. The number of nitrogens with zero attached hydrogens (tertiary/aromatic N) is 3. The molecule has 0 aliphatic heterocycles. The van der Waals surface area contributed by atoms with Crippen molar-refractivity contribution in [1.29, 1.82) is 0 Å². The highest BCUT2D eigenvalue weighted by Gasteiger charge is 2.11. The van der Waals surface area contributed by atoms with Gasteiger partial charge in [-0.1, -0.05) is 13.3 Å². The molecular weight excluding hydrogens is 246 g/mol. The molecule has 0 bridgehead atoms. The summed E-state index contributed by atoms with van der Waals surface area (Å²) in [4.78, 5) is 26.7. The van der Waals surface area contributed by atoms with Crippen LogP contribution in [0, 0.1) is 0 Å². The molecule has 7 heteroatoms. The second-order valence-electron chi connectivity index (χ2n) is 3.97. The summed E-state index contributed by atoms with van der Waals surface area (Å²) in [5, 5.41) is 0. The van der Waals surface area contributed by atoms with E-state index in [2.05, 4.69) is 19.9 Å². The molecule has 2 aromatic rings. The fourth-order valence-corrected chi connectivity index (χ4v) is 1.71. The van der Waals surface area contributed by atoms with E-state index in [1.807, 2.05) is 6.92 Å². The van der Waals surface area contributed by atoms with Crippen molar-refractivity contribution in [3.05, 3.63) is 28.3 Å². The van der Waals surface area contributed by atoms with Crippen molar-refractivity contribution < 1.29 is 4.74 Å². The summed E-state index contributed by atoms with van der Waals surface area (Å²) in [5.41, 5.74) is 6.54. The van der Waals surface area contributed by atoms with Crippen molar-refractivity contribution in [3.8, 4) is 17.4 Å². The predicted octanol–water partition coefficient (Wildman–Crippen LogP) is 0.770. The van der Waals surface area contributed by atoms with Gasteiger partial charge in [-0.25, -0.2) is 15.0 Å². The van der Waals surface area contributed by atoms with Gasteiger partial charge >= 0.3 is 0 Å². The summed E-state index contributed by atoms with van der Waals surface area (Å²) < 4.78 is 5.00. The highest BCUT2D eigenvalue weighted by atomic mass is 16.5. The second-order valence-corrected chi connectivity index (χ2v) is 3.97. The summed E-state index contributed by atoms with van der Waals surface area (Å²) in [7, 11) is 1.50. The molecule has 3 N–H and O–H groups in total. The Hall–Kier alpha value is -2.44. The Labute approximate surface area is 109 Å². The van der Waals surface area contributed by atoms with E-state index in [0.29, 0.717) is 29.4 Å². The van der Waals surface area contributed by atoms with Gasteiger partial charge in [-0.15, -0.1) is 0 Å². The average molecular weight is 261 g/mol. The second kappa shape index (κ2) is 5.47. The van der Waals surface area contributed by atoms with Crippen LogP contribution in [0.3, 0.4) is 0 Å². The van der Waals surface area contributed by atoms with E-state index < -0.39 is 0 Å². The number of anilines is 1. The number of aromatic amines is 1. The molecule has 100 valence electrons. The molecular formula is C12H15N5O2. The van der Waals surface area contributed by atoms with Gasteiger partial charge in [0.25, 0.3) is 5.56 Å². The first-order chi connectivity index (χ1) is 9.15. The largest absolute Gasteiger partial charge is 0.481 e. The van der Waals surface area contributed by atoms with Gasteiger partial charge in [0.1, 0.15) is 17.8 Å².